The van der Waals surface area contributed by atoms with Crippen molar-refractivity contribution in [2.45, 2.75) is 6.42 Å². The van der Waals surface area contributed by atoms with E-state index in [4.69, 9.17) is 9.72 Å². The minimum atomic E-state index is -0.0208. The molecule has 2 fully saturated rings. The zero-order chi connectivity index (χ0) is 23.2. The second-order valence-corrected chi connectivity index (χ2v) is 8.94. The lowest BCUT2D eigenvalue weighted by molar-refractivity contribution is 0.0374. The first-order chi connectivity index (χ1) is 16.8. The van der Waals surface area contributed by atoms with Crippen molar-refractivity contribution in [2.75, 3.05) is 75.4 Å². The minimum absolute atomic E-state index is 0.0208. The number of nitrogens with one attached hydrogen (secondary N) is 1. The number of carbonyl (C=O) groups excluding carboxylic acids is 1. The maximum atomic E-state index is 12.8. The first-order valence-electron chi connectivity index (χ1n) is 12.3. The van der Waals surface area contributed by atoms with Crippen LogP contribution in [-0.4, -0.2) is 81.4 Å². The molecule has 0 saturated carbocycles. The number of aromatic nitrogens is 1. The monoisotopic (exact) mass is 459 g/mol. The summed E-state index contributed by atoms with van der Waals surface area (Å²) >= 11 is 0. The van der Waals surface area contributed by atoms with Crippen LogP contribution in [0.2, 0.25) is 0 Å². The van der Waals surface area contributed by atoms with E-state index in [1.807, 2.05) is 30.5 Å². The molecule has 178 valence electrons. The zero-order valence-electron chi connectivity index (χ0n) is 19.7. The molecule has 5 rings (SSSR count). The highest BCUT2D eigenvalue weighted by Gasteiger charge is 2.20. The van der Waals surface area contributed by atoms with Gasteiger partial charge in [0.1, 0.15) is 5.82 Å². The highest BCUT2D eigenvalue weighted by Crippen LogP contribution is 2.27. The van der Waals surface area contributed by atoms with Crippen LogP contribution in [0.4, 0.5) is 11.5 Å². The number of morpholine rings is 1. The maximum absolute atomic E-state index is 12.8. The smallest absolute Gasteiger partial charge is 0.251 e. The van der Waals surface area contributed by atoms with Gasteiger partial charge in [0, 0.05) is 68.6 Å². The summed E-state index contributed by atoms with van der Waals surface area (Å²) in [5.41, 5.74) is 1.96. The molecule has 0 aliphatic carbocycles. The minimum Gasteiger partial charge on any atom is -0.379 e. The number of benzene rings is 2. The van der Waals surface area contributed by atoms with E-state index >= 15 is 0 Å². The van der Waals surface area contributed by atoms with Crippen molar-refractivity contribution in [1.29, 1.82) is 0 Å². The number of hydrogen-bond donors (Lipinski definition) is 1. The number of carbonyl (C=O) groups is 1. The number of para-hydroxylation sites is 1. The lowest BCUT2D eigenvalue weighted by Crippen LogP contribution is -2.46. The van der Waals surface area contributed by atoms with Gasteiger partial charge in [0.15, 0.2) is 0 Å². The molecule has 3 aromatic rings. The van der Waals surface area contributed by atoms with Crippen molar-refractivity contribution in [2.24, 2.45) is 0 Å². The summed E-state index contributed by atoms with van der Waals surface area (Å²) in [4.78, 5) is 24.7. The largest absolute Gasteiger partial charge is 0.379 e. The third-order valence-electron chi connectivity index (χ3n) is 6.75. The van der Waals surface area contributed by atoms with Gasteiger partial charge in [0.2, 0.25) is 0 Å². The number of hydrogen-bond acceptors (Lipinski definition) is 6. The van der Waals surface area contributed by atoms with Gasteiger partial charge in [-0.2, -0.15) is 0 Å². The normalized spacial score (nSPS) is 17.2. The Labute approximate surface area is 201 Å². The van der Waals surface area contributed by atoms with E-state index in [0.29, 0.717) is 12.1 Å². The van der Waals surface area contributed by atoms with Gasteiger partial charge in [-0.3, -0.25) is 9.69 Å². The molecule has 2 aliphatic heterocycles. The van der Waals surface area contributed by atoms with Crippen molar-refractivity contribution >= 4 is 28.2 Å². The Morgan fingerprint density at radius 1 is 0.912 bits per heavy atom. The summed E-state index contributed by atoms with van der Waals surface area (Å²) in [6.07, 6.45) is 2.81. The summed E-state index contributed by atoms with van der Waals surface area (Å²) in [7, 11) is 0. The predicted molar refractivity (Wildman–Crippen MR) is 137 cm³/mol. The lowest BCUT2D eigenvalue weighted by Gasteiger charge is -2.37. The second-order valence-electron chi connectivity index (χ2n) is 8.94. The molecule has 0 unspecified atom stereocenters. The number of rotatable bonds is 7. The molecule has 34 heavy (non-hydrogen) atoms. The molecular formula is C27H33N5O2. The van der Waals surface area contributed by atoms with Crippen LogP contribution in [0, 0.1) is 0 Å². The number of ether oxygens (including phenoxy) is 1. The van der Waals surface area contributed by atoms with E-state index in [2.05, 4.69) is 50.3 Å². The number of amides is 1. The molecule has 7 nitrogen and oxygen atoms in total. The summed E-state index contributed by atoms with van der Waals surface area (Å²) in [5, 5.41) is 5.24. The van der Waals surface area contributed by atoms with Crippen molar-refractivity contribution < 1.29 is 9.53 Å². The van der Waals surface area contributed by atoms with Gasteiger partial charge in [-0.25, -0.2) is 4.98 Å². The molecule has 3 heterocycles. The van der Waals surface area contributed by atoms with Crippen LogP contribution >= 0.6 is 0 Å². The van der Waals surface area contributed by atoms with Gasteiger partial charge >= 0.3 is 0 Å². The molecule has 0 bridgehead atoms. The van der Waals surface area contributed by atoms with E-state index in [0.717, 1.165) is 82.0 Å². The Balaban J connectivity index is 1.22. The summed E-state index contributed by atoms with van der Waals surface area (Å²) < 4.78 is 5.39. The Morgan fingerprint density at radius 2 is 1.68 bits per heavy atom. The average molecular weight is 460 g/mol. The SMILES string of the molecule is O=C(NCCCN1CCOCC1)c1ccc2ccnc(N3CCN(c4ccccc4)CC3)c2c1. The number of anilines is 2. The third-order valence-corrected chi connectivity index (χ3v) is 6.75. The fraction of sp³-hybridized carbons (Fsp3) is 0.407. The van der Waals surface area contributed by atoms with E-state index in [-0.39, 0.29) is 5.91 Å². The van der Waals surface area contributed by atoms with E-state index < -0.39 is 0 Å². The van der Waals surface area contributed by atoms with Crippen molar-refractivity contribution in [3.8, 4) is 0 Å². The molecule has 0 radical (unpaired) electrons. The topological polar surface area (TPSA) is 60.9 Å². The summed E-state index contributed by atoms with van der Waals surface area (Å²) in [6, 6.07) is 18.5. The van der Waals surface area contributed by atoms with Crippen molar-refractivity contribution in [3.63, 3.8) is 0 Å². The van der Waals surface area contributed by atoms with Crippen LogP contribution in [0.1, 0.15) is 16.8 Å². The number of fused-ring (bicyclic) bond motifs is 1. The Hall–Kier alpha value is -3.16. The Bertz CT molecular complexity index is 1090. The number of pyridine rings is 1. The van der Waals surface area contributed by atoms with Crippen molar-refractivity contribution in [3.05, 3.63) is 66.4 Å². The highest BCUT2D eigenvalue weighted by atomic mass is 16.5. The molecule has 1 amide bonds. The van der Waals surface area contributed by atoms with Gasteiger partial charge in [-0.1, -0.05) is 24.3 Å². The molecule has 2 saturated heterocycles. The molecule has 2 aromatic carbocycles. The molecule has 0 atom stereocenters. The Kier molecular flexibility index (Phi) is 7.22. The van der Waals surface area contributed by atoms with Gasteiger partial charge < -0.3 is 19.9 Å². The van der Waals surface area contributed by atoms with Crippen LogP contribution in [0.15, 0.2) is 60.8 Å². The van der Waals surface area contributed by atoms with Crippen molar-refractivity contribution in [1.82, 2.24) is 15.2 Å². The molecular weight excluding hydrogens is 426 g/mol. The summed E-state index contributed by atoms with van der Waals surface area (Å²) in [5.74, 6) is 0.944. The molecule has 7 heteroatoms. The van der Waals surface area contributed by atoms with Crippen LogP contribution in [-0.2, 0) is 4.74 Å². The molecule has 1 aromatic heterocycles. The van der Waals surface area contributed by atoms with E-state index in [1.54, 1.807) is 0 Å². The zero-order valence-corrected chi connectivity index (χ0v) is 19.7. The molecule has 1 N–H and O–H groups in total. The van der Waals surface area contributed by atoms with E-state index in [1.165, 1.54) is 5.69 Å². The first kappa shape index (κ1) is 22.6. The number of nitrogens with zero attached hydrogens (tertiary/aromatic N) is 4. The standard InChI is InChI=1S/C27H33N5O2/c33-27(29-10-4-12-30-17-19-34-20-18-30)23-8-7-22-9-11-28-26(25(22)21-23)32-15-13-31(14-16-32)24-5-2-1-3-6-24/h1-3,5-9,11,21H,4,10,12-20H2,(H,29,33). The fourth-order valence-electron chi connectivity index (χ4n) is 4.79. The van der Waals surface area contributed by atoms with Crippen LogP contribution < -0.4 is 15.1 Å². The van der Waals surface area contributed by atoms with Gasteiger partial charge in [0.25, 0.3) is 5.91 Å². The quantitative estimate of drug-likeness (QED) is 0.548. The number of piperazine rings is 1. The fourth-order valence-corrected chi connectivity index (χ4v) is 4.79. The van der Waals surface area contributed by atoms with E-state index in [9.17, 15) is 4.79 Å². The Morgan fingerprint density at radius 3 is 2.47 bits per heavy atom. The maximum Gasteiger partial charge on any atom is 0.251 e. The van der Waals surface area contributed by atoms with Gasteiger partial charge in [-0.15, -0.1) is 0 Å². The first-order valence-corrected chi connectivity index (χ1v) is 12.3. The van der Waals surface area contributed by atoms with Crippen LogP contribution in [0.3, 0.4) is 0 Å². The lowest BCUT2D eigenvalue weighted by atomic mass is 10.1. The predicted octanol–water partition coefficient (Wildman–Crippen LogP) is 3.01. The highest BCUT2D eigenvalue weighted by molar-refractivity contribution is 6.01. The van der Waals surface area contributed by atoms with Crippen LogP contribution in [0.5, 0.6) is 0 Å². The third kappa shape index (κ3) is 5.32. The molecule has 2 aliphatic rings. The molecule has 0 spiro atoms. The van der Waals surface area contributed by atoms with Gasteiger partial charge in [-0.05, 0) is 48.7 Å². The van der Waals surface area contributed by atoms with Gasteiger partial charge in [0.05, 0.1) is 13.2 Å². The summed E-state index contributed by atoms with van der Waals surface area (Å²) in [6.45, 7) is 8.94. The van der Waals surface area contributed by atoms with Crippen LogP contribution in [0.25, 0.3) is 10.8 Å². The second kappa shape index (κ2) is 10.8. The average Bonchev–Trinajstić information content (AvgIpc) is 2.91.